The summed E-state index contributed by atoms with van der Waals surface area (Å²) in [6.45, 7) is 6.20. The first-order valence-electron chi connectivity index (χ1n) is 11.7. The number of ketones is 1. The summed E-state index contributed by atoms with van der Waals surface area (Å²) < 4.78 is 0. The molecule has 0 N–H and O–H groups in total. The van der Waals surface area contributed by atoms with E-state index in [1.165, 1.54) is 76.6 Å². The lowest BCUT2D eigenvalue weighted by Gasteiger charge is -2.66. The van der Waals surface area contributed by atoms with E-state index in [-0.39, 0.29) is 10.8 Å². The first kappa shape index (κ1) is 17.7. The molecule has 8 rings (SSSR count). The van der Waals surface area contributed by atoms with Gasteiger partial charge in [0.25, 0.3) is 0 Å². The van der Waals surface area contributed by atoms with E-state index >= 15 is 0 Å². The fourth-order valence-electron chi connectivity index (χ4n) is 9.03. The summed E-state index contributed by atoms with van der Waals surface area (Å²) in [5.41, 5.74) is 2.48. The first-order chi connectivity index (χ1) is 13.4. The fraction of sp³-hybridized carbons (Fsp3) is 0.731. The number of hydrogen-bond donors (Lipinski definition) is 0. The predicted molar refractivity (Wildman–Crippen MR) is 112 cm³/mol. The van der Waals surface area contributed by atoms with E-state index in [9.17, 15) is 4.79 Å². The predicted octanol–water partition coefficient (Wildman–Crippen LogP) is 5.36. The Labute approximate surface area is 170 Å². The Morgan fingerprint density at radius 3 is 2.36 bits per heavy atom. The van der Waals surface area contributed by atoms with Gasteiger partial charge >= 0.3 is 0 Å². The number of carbonyl (C=O) groups excluding carboxylic acids is 1. The second-order valence-corrected chi connectivity index (χ2v) is 11.9. The molecule has 0 spiro atoms. The monoisotopic (exact) mass is 377 g/mol. The van der Waals surface area contributed by atoms with Crippen LogP contribution in [0.2, 0.25) is 0 Å². The third-order valence-corrected chi connectivity index (χ3v) is 9.74. The van der Waals surface area contributed by atoms with E-state index in [2.05, 4.69) is 42.2 Å². The quantitative estimate of drug-likeness (QED) is 0.704. The second-order valence-electron chi connectivity index (χ2n) is 11.9. The smallest absolute Gasteiger partial charge is 0.139 e. The normalized spacial score (nSPS) is 48.8. The molecule has 6 bridgehead atoms. The Morgan fingerprint density at radius 1 is 0.964 bits per heavy atom. The Hall–Kier alpha value is -1.15. The van der Waals surface area contributed by atoms with Gasteiger partial charge in [0.15, 0.2) is 0 Å². The molecule has 0 aromatic heterocycles. The van der Waals surface area contributed by atoms with Gasteiger partial charge in [0.1, 0.15) is 5.78 Å². The summed E-state index contributed by atoms with van der Waals surface area (Å²) in [6, 6.07) is 11.3. The molecule has 150 valence electrons. The van der Waals surface area contributed by atoms with Crippen molar-refractivity contribution in [3.05, 3.63) is 35.9 Å². The standard InChI is InChI=1S/C26H35NO/c1-23-13-20-14-25(17-23,21-5-3-2-4-6-21)19-26(15-20,18-23)22(28)16-24-7-10-27(11-8-24)12-9-24/h2-6,20H,7-19H2,1H3/t20?,23-,25-,26?/m1/s1. The second kappa shape index (κ2) is 5.72. The van der Waals surface area contributed by atoms with Gasteiger partial charge in [-0.15, -0.1) is 0 Å². The minimum Gasteiger partial charge on any atom is -0.303 e. The van der Waals surface area contributed by atoms with Crippen LogP contribution in [-0.2, 0) is 10.2 Å². The Morgan fingerprint density at radius 2 is 1.68 bits per heavy atom. The van der Waals surface area contributed by atoms with Crippen LogP contribution in [0.4, 0.5) is 0 Å². The van der Waals surface area contributed by atoms with Crippen molar-refractivity contribution in [2.45, 2.75) is 76.5 Å². The van der Waals surface area contributed by atoms with Crippen LogP contribution in [0, 0.1) is 22.2 Å². The van der Waals surface area contributed by atoms with Gasteiger partial charge < -0.3 is 4.90 Å². The number of rotatable bonds is 4. The summed E-state index contributed by atoms with van der Waals surface area (Å²) in [5.74, 6) is 1.43. The summed E-state index contributed by atoms with van der Waals surface area (Å²) in [5, 5.41) is 0. The number of piperidine rings is 3. The van der Waals surface area contributed by atoms with Crippen LogP contribution in [0.3, 0.4) is 0 Å². The van der Waals surface area contributed by atoms with E-state index in [0.29, 0.717) is 16.6 Å². The SMILES string of the molecule is C[C@]12CC3CC(C(=O)CC45CCN(CC4)CC5)(C1)C[C@@](c1ccccc1)(C3)C2. The molecular formula is C26H35NO. The highest BCUT2D eigenvalue weighted by Crippen LogP contribution is 2.70. The van der Waals surface area contributed by atoms with Crippen molar-refractivity contribution in [2.75, 3.05) is 19.6 Å². The van der Waals surface area contributed by atoms with Crippen molar-refractivity contribution in [3.8, 4) is 0 Å². The van der Waals surface area contributed by atoms with Crippen LogP contribution in [0.1, 0.15) is 76.7 Å². The molecule has 4 saturated carbocycles. The lowest BCUT2D eigenvalue weighted by atomic mass is 9.37. The van der Waals surface area contributed by atoms with Gasteiger partial charge in [0.05, 0.1) is 0 Å². The van der Waals surface area contributed by atoms with E-state index in [1.807, 2.05) is 0 Å². The van der Waals surface area contributed by atoms with Gasteiger partial charge in [-0.3, -0.25) is 4.79 Å². The van der Waals surface area contributed by atoms with Crippen LogP contribution in [-0.4, -0.2) is 30.3 Å². The minimum atomic E-state index is -0.0205. The van der Waals surface area contributed by atoms with E-state index in [4.69, 9.17) is 0 Å². The maximum atomic E-state index is 14.0. The lowest BCUT2D eigenvalue weighted by Crippen LogP contribution is -2.61. The number of Topliss-reactive ketones (excluding diaryl/α,β-unsaturated/α-hetero) is 1. The van der Waals surface area contributed by atoms with Crippen LogP contribution >= 0.6 is 0 Å². The molecule has 3 heterocycles. The van der Waals surface area contributed by atoms with Crippen LogP contribution in [0.15, 0.2) is 30.3 Å². The van der Waals surface area contributed by atoms with Gasteiger partial charge in [0.2, 0.25) is 0 Å². The van der Waals surface area contributed by atoms with Crippen molar-refractivity contribution >= 4 is 5.78 Å². The largest absolute Gasteiger partial charge is 0.303 e. The molecule has 7 fully saturated rings. The molecule has 2 nitrogen and oxygen atoms in total. The summed E-state index contributed by atoms with van der Waals surface area (Å²) in [7, 11) is 0. The third-order valence-electron chi connectivity index (χ3n) is 9.74. The molecule has 2 unspecified atom stereocenters. The molecule has 28 heavy (non-hydrogen) atoms. The van der Waals surface area contributed by atoms with Gasteiger partial charge in [-0.2, -0.15) is 0 Å². The number of benzene rings is 1. The van der Waals surface area contributed by atoms with E-state index in [1.54, 1.807) is 0 Å². The van der Waals surface area contributed by atoms with E-state index in [0.717, 1.165) is 18.8 Å². The van der Waals surface area contributed by atoms with Crippen molar-refractivity contribution in [2.24, 2.45) is 22.2 Å². The molecule has 4 aliphatic carbocycles. The lowest BCUT2D eigenvalue weighted by molar-refractivity contribution is -0.162. The molecule has 0 radical (unpaired) electrons. The summed E-state index contributed by atoms with van der Waals surface area (Å²) in [6.07, 6.45) is 12.2. The maximum absolute atomic E-state index is 14.0. The number of hydrogen-bond acceptors (Lipinski definition) is 2. The highest BCUT2D eigenvalue weighted by molar-refractivity contribution is 5.86. The van der Waals surface area contributed by atoms with Crippen LogP contribution in [0.25, 0.3) is 0 Å². The highest BCUT2D eigenvalue weighted by atomic mass is 16.1. The van der Waals surface area contributed by atoms with Crippen LogP contribution in [0.5, 0.6) is 0 Å². The zero-order valence-electron chi connectivity index (χ0n) is 17.5. The average Bonchev–Trinajstić information content (AvgIpc) is 2.68. The summed E-state index contributed by atoms with van der Waals surface area (Å²) in [4.78, 5) is 16.6. The van der Waals surface area contributed by atoms with Gasteiger partial charge in [-0.1, -0.05) is 37.3 Å². The first-order valence-corrected chi connectivity index (χ1v) is 11.7. The number of nitrogens with zero attached hydrogens (tertiary/aromatic N) is 1. The molecular weight excluding hydrogens is 342 g/mol. The molecule has 3 saturated heterocycles. The molecule has 2 heteroatoms. The molecule has 3 aliphatic heterocycles. The molecule has 4 atom stereocenters. The van der Waals surface area contributed by atoms with E-state index < -0.39 is 0 Å². The fourth-order valence-corrected chi connectivity index (χ4v) is 9.03. The number of fused-ring (bicyclic) bond motifs is 3. The average molecular weight is 378 g/mol. The summed E-state index contributed by atoms with van der Waals surface area (Å²) >= 11 is 0. The third kappa shape index (κ3) is 2.52. The van der Waals surface area contributed by atoms with Gasteiger partial charge in [-0.25, -0.2) is 0 Å². The zero-order valence-corrected chi connectivity index (χ0v) is 17.5. The molecule has 1 aromatic rings. The van der Waals surface area contributed by atoms with Gasteiger partial charge in [0, 0.05) is 11.8 Å². The number of carbonyl (C=O) groups is 1. The molecule has 7 aliphatic rings. The molecule has 1 aromatic carbocycles. The van der Waals surface area contributed by atoms with Crippen molar-refractivity contribution in [3.63, 3.8) is 0 Å². The minimum absolute atomic E-state index is 0.0205. The zero-order chi connectivity index (χ0) is 19.0. The highest BCUT2D eigenvalue weighted by Gasteiger charge is 2.64. The Balaban J connectivity index is 1.34. The Kier molecular flexibility index (Phi) is 3.61. The Bertz CT molecular complexity index is 780. The van der Waals surface area contributed by atoms with Crippen molar-refractivity contribution < 1.29 is 4.79 Å². The van der Waals surface area contributed by atoms with Crippen molar-refractivity contribution in [1.82, 2.24) is 4.90 Å². The maximum Gasteiger partial charge on any atom is 0.139 e. The van der Waals surface area contributed by atoms with Crippen LogP contribution < -0.4 is 0 Å². The topological polar surface area (TPSA) is 20.3 Å². The molecule has 0 amide bonds. The van der Waals surface area contributed by atoms with Crippen molar-refractivity contribution in [1.29, 1.82) is 0 Å². The van der Waals surface area contributed by atoms with Gasteiger partial charge in [-0.05, 0) is 105 Å².